The predicted molar refractivity (Wildman–Crippen MR) is 174 cm³/mol. The fourth-order valence-corrected chi connectivity index (χ4v) is 6.47. The molecule has 1 heterocycles. The van der Waals surface area contributed by atoms with Crippen LogP contribution in [0.25, 0.3) is 10.8 Å². The molecule has 0 bridgehead atoms. The third-order valence-electron chi connectivity index (χ3n) is 8.47. The van der Waals surface area contributed by atoms with Gasteiger partial charge in [0, 0.05) is 18.0 Å². The number of carbonyl (C=O) groups excluding carboxylic acids is 2. The maximum atomic E-state index is 14.1. The van der Waals surface area contributed by atoms with Crippen LogP contribution in [0.15, 0.2) is 78.9 Å². The van der Waals surface area contributed by atoms with E-state index in [0.29, 0.717) is 44.6 Å². The van der Waals surface area contributed by atoms with Gasteiger partial charge in [-0.25, -0.2) is 0 Å². The largest absolute Gasteiger partial charge is 0.508 e. The molecule has 44 heavy (non-hydrogen) atoms. The minimum absolute atomic E-state index is 0.172. The Kier molecular flexibility index (Phi) is 10.1. The van der Waals surface area contributed by atoms with E-state index in [9.17, 15) is 20.0 Å². The number of fused-ring (bicyclic) bond motifs is 1. The molecule has 0 unspecified atom stereocenters. The molecule has 7 nitrogen and oxygen atoms in total. The van der Waals surface area contributed by atoms with Crippen LogP contribution in [0.4, 0.5) is 0 Å². The van der Waals surface area contributed by atoms with Crippen LogP contribution in [0, 0.1) is 11.3 Å². The molecule has 1 atom stereocenters. The number of likely N-dealkylation sites (tertiary alicyclic amines) is 1. The minimum Gasteiger partial charge on any atom is -0.508 e. The second-order valence-corrected chi connectivity index (χ2v) is 12.2. The van der Waals surface area contributed by atoms with Gasteiger partial charge in [0.05, 0.1) is 28.2 Å². The van der Waals surface area contributed by atoms with Crippen LogP contribution in [0.2, 0.25) is 10.0 Å². The zero-order valence-electron chi connectivity index (χ0n) is 24.3. The molecule has 0 saturated carbocycles. The summed E-state index contributed by atoms with van der Waals surface area (Å²) in [6.07, 6.45) is 2.56. The number of piperidine rings is 1. The van der Waals surface area contributed by atoms with E-state index >= 15 is 0 Å². The molecule has 1 saturated heterocycles. The predicted octanol–water partition coefficient (Wildman–Crippen LogP) is 6.70. The normalized spacial score (nSPS) is 14.7. The lowest BCUT2D eigenvalue weighted by atomic mass is 9.88. The molecule has 226 valence electrons. The van der Waals surface area contributed by atoms with Gasteiger partial charge in [-0.3, -0.25) is 9.59 Å². The van der Waals surface area contributed by atoms with E-state index in [1.165, 1.54) is 4.90 Å². The van der Waals surface area contributed by atoms with Crippen molar-refractivity contribution in [2.45, 2.75) is 31.1 Å². The number of halogens is 2. The van der Waals surface area contributed by atoms with Crippen molar-refractivity contribution >= 4 is 45.8 Å². The Balaban J connectivity index is 1.38. The topological polar surface area (TPSA) is 111 Å². The highest BCUT2D eigenvalue weighted by atomic mass is 35.5. The number of rotatable bonds is 10. The van der Waals surface area contributed by atoms with Gasteiger partial charge >= 0.3 is 0 Å². The first kappa shape index (κ1) is 31.3. The SMILES string of the molecule is N#Cc1cc(C(=O)N(CC(N)=O)C[C@@H](CCN2CCC(c3ccccc3O)CC2)c2ccc(Cl)c(Cl)c2)c2ccccc2c1. The quantitative estimate of drug-likeness (QED) is 0.203. The van der Waals surface area contributed by atoms with Crippen LogP contribution in [0.5, 0.6) is 5.75 Å². The van der Waals surface area contributed by atoms with E-state index in [0.717, 1.165) is 49.0 Å². The van der Waals surface area contributed by atoms with Crippen molar-refractivity contribution in [3.63, 3.8) is 0 Å². The van der Waals surface area contributed by atoms with Gasteiger partial charge in [-0.15, -0.1) is 0 Å². The maximum Gasteiger partial charge on any atom is 0.255 e. The van der Waals surface area contributed by atoms with E-state index in [-0.39, 0.29) is 24.9 Å². The summed E-state index contributed by atoms with van der Waals surface area (Å²) in [7, 11) is 0. The minimum atomic E-state index is -0.627. The fraction of sp³-hybridized carbons (Fsp3) is 0.286. The molecule has 9 heteroatoms. The molecular formula is C35H34Cl2N4O3. The summed E-state index contributed by atoms with van der Waals surface area (Å²) in [5.41, 5.74) is 8.26. The van der Waals surface area contributed by atoms with Gasteiger partial charge < -0.3 is 20.6 Å². The molecule has 1 aliphatic rings. The Labute approximate surface area is 267 Å². The highest BCUT2D eigenvalue weighted by Crippen LogP contribution is 2.35. The second kappa shape index (κ2) is 14.1. The Morgan fingerprint density at radius 1 is 1.00 bits per heavy atom. The number of aromatic hydroxyl groups is 1. The zero-order valence-corrected chi connectivity index (χ0v) is 25.8. The Bertz CT molecular complexity index is 1710. The van der Waals surface area contributed by atoms with Crippen molar-refractivity contribution in [2.24, 2.45) is 5.73 Å². The standard InChI is InChI=1S/C35H34Cl2N4O3/c36-31-10-9-25(19-32(31)37)27(13-16-40-14-11-24(12-15-40)29-7-3-4-8-33(29)42)21-41(22-34(39)43)35(44)30-18-23(20-38)17-26-5-1-2-6-28(26)30/h1-10,17-19,24,27,42H,11-16,21-22H2,(H2,39,43)/t27-/m1/s1. The average Bonchev–Trinajstić information content (AvgIpc) is 3.03. The molecule has 4 aromatic carbocycles. The molecule has 0 spiro atoms. The molecule has 3 N–H and O–H groups in total. The van der Waals surface area contributed by atoms with Crippen LogP contribution < -0.4 is 5.73 Å². The Hall–Kier alpha value is -4.09. The number of benzene rings is 4. The first-order chi connectivity index (χ1) is 21.2. The lowest BCUT2D eigenvalue weighted by Gasteiger charge is -2.34. The van der Waals surface area contributed by atoms with E-state index in [1.807, 2.05) is 54.6 Å². The molecule has 1 fully saturated rings. The van der Waals surface area contributed by atoms with Crippen molar-refractivity contribution in [1.29, 1.82) is 5.26 Å². The van der Waals surface area contributed by atoms with Crippen molar-refractivity contribution in [1.82, 2.24) is 9.80 Å². The number of phenolic OH excluding ortho intramolecular Hbond substituents is 1. The number of nitrogens with two attached hydrogens (primary N) is 1. The van der Waals surface area contributed by atoms with Crippen molar-refractivity contribution in [2.75, 3.05) is 32.7 Å². The van der Waals surface area contributed by atoms with E-state index in [4.69, 9.17) is 28.9 Å². The second-order valence-electron chi connectivity index (χ2n) is 11.3. The molecule has 0 aromatic heterocycles. The van der Waals surface area contributed by atoms with Crippen LogP contribution in [0.3, 0.4) is 0 Å². The third kappa shape index (κ3) is 7.34. The van der Waals surface area contributed by atoms with Crippen LogP contribution in [-0.4, -0.2) is 59.4 Å². The summed E-state index contributed by atoms with van der Waals surface area (Å²) in [6, 6.07) is 25.8. The number of para-hydroxylation sites is 1. The smallest absolute Gasteiger partial charge is 0.255 e. The van der Waals surface area contributed by atoms with Gasteiger partial charge in [-0.2, -0.15) is 5.26 Å². The molecular weight excluding hydrogens is 595 g/mol. The number of phenols is 1. The lowest BCUT2D eigenvalue weighted by molar-refractivity contribution is -0.118. The van der Waals surface area contributed by atoms with Gasteiger partial charge in [0.15, 0.2) is 0 Å². The summed E-state index contributed by atoms with van der Waals surface area (Å²) in [5, 5.41) is 22.3. The van der Waals surface area contributed by atoms with Crippen LogP contribution in [0.1, 0.15) is 58.1 Å². The first-order valence-corrected chi connectivity index (χ1v) is 15.4. The Morgan fingerprint density at radius 2 is 1.73 bits per heavy atom. The number of nitriles is 1. The highest BCUT2D eigenvalue weighted by molar-refractivity contribution is 6.42. The van der Waals surface area contributed by atoms with Crippen molar-refractivity contribution < 1.29 is 14.7 Å². The molecule has 5 rings (SSSR count). The molecule has 2 amide bonds. The van der Waals surface area contributed by atoms with Gasteiger partial charge in [0.2, 0.25) is 5.91 Å². The van der Waals surface area contributed by atoms with Crippen molar-refractivity contribution in [3.8, 4) is 11.8 Å². The van der Waals surface area contributed by atoms with Crippen LogP contribution in [-0.2, 0) is 4.79 Å². The summed E-state index contributed by atoms with van der Waals surface area (Å²) in [4.78, 5) is 30.2. The first-order valence-electron chi connectivity index (χ1n) is 14.7. The summed E-state index contributed by atoms with van der Waals surface area (Å²) in [5.74, 6) is -0.517. The van der Waals surface area contributed by atoms with Crippen LogP contribution >= 0.6 is 23.2 Å². The maximum absolute atomic E-state index is 14.1. The molecule has 0 aliphatic carbocycles. The summed E-state index contributed by atoms with van der Waals surface area (Å²) in [6.45, 7) is 2.48. The fourth-order valence-electron chi connectivity index (χ4n) is 6.16. The zero-order chi connectivity index (χ0) is 31.2. The molecule has 4 aromatic rings. The number of hydrogen-bond acceptors (Lipinski definition) is 5. The lowest BCUT2D eigenvalue weighted by Crippen LogP contribution is -2.42. The van der Waals surface area contributed by atoms with E-state index < -0.39 is 5.91 Å². The summed E-state index contributed by atoms with van der Waals surface area (Å²) < 4.78 is 0. The highest BCUT2D eigenvalue weighted by Gasteiger charge is 2.27. The van der Waals surface area contributed by atoms with Gasteiger partial charge in [0.25, 0.3) is 5.91 Å². The van der Waals surface area contributed by atoms with Gasteiger partial charge in [0.1, 0.15) is 5.75 Å². The number of nitrogens with zero attached hydrogens (tertiary/aromatic N) is 3. The summed E-state index contributed by atoms with van der Waals surface area (Å²) >= 11 is 12.7. The Morgan fingerprint density at radius 3 is 2.43 bits per heavy atom. The number of carbonyl (C=O) groups is 2. The van der Waals surface area contributed by atoms with Crippen molar-refractivity contribution in [3.05, 3.63) is 111 Å². The monoisotopic (exact) mass is 628 g/mol. The van der Waals surface area contributed by atoms with Gasteiger partial charge in [-0.05, 0) is 97.0 Å². The van der Waals surface area contributed by atoms with Gasteiger partial charge in [-0.1, -0.05) is 71.7 Å². The number of hydrogen-bond donors (Lipinski definition) is 2. The number of primary amides is 1. The molecule has 0 radical (unpaired) electrons. The molecule has 1 aliphatic heterocycles. The van der Waals surface area contributed by atoms with E-state index in [1.54, 1.807) is 24.3 Å². The number of amides is 2. The average molecular weight is 630 g/mol. The van der Waals surface area contributed by atoms with E-state index in [2.05, 4.69) is 11.0 Å². The third-order valence-corrected chi connectivity index (χ3v) is 9.21.